The highest BCUT2D eigenvalue weighted by Crippen LogP contribution is 2.18. The zero-order chi connectivity index (χ0) is 21.0. The van der Waals surface area contributed by atoms with Crippen LogP contribution in [-0.2, 0) is 19.1 Å². The Labute approximate surface area is 174 Å². The predicted octanol–water partition coefficient (Wildman–Crippen LogP) is 6.85. The summed E-state index contributed by atoms with van der Waals surface area (Å²) in [7, 11) is 0. The molecule has 0 aromatic heterocycles. The molecule has 0 aliphatic carbocycles. The molecule has 0 N–H and O–H groups in total. The van der Waals surface area contributed by atoms with Gasteiger partial charge in [-0.05, 0) is 19.3 Å². The summed E-state index contributed by atoms with van der Waals surface area (Å²) in [5.74, 6) is -0.596. The Hall–Kier alpha value is -1.06. The van der Waals surface area contributed by atoms with Gasteiger partial charge in [-0.3, -0.25) is 9.59 Å². The van der Waals surface area contributed by atoms with E-state index in [2.05, 4.69) is 6.92 Å². The molecule has 1 unspecified atom stereocenters. The van der Waals surface area contributed by atoms with Crippen LogP contribution < -0.4 is 0 Å². The fourth-order valence-electron chi connectivity index (χ4n) is 3.31. The zero-order valence-electron chi connectivity index (χ0n) is 19.1. The van der Waals surface area contributed by atoms with E-state index in [0.717, 1.165) is 12.8 Å². The lowest BCUT2D eigenvalue weighted by Gasteiger charge is -2.15. The standard InChI is InChI=1S/C24H46O4/c1-5-7-8-9-10-11-12-13-14-15-16-17-18-22(24(26)27-6-2)19-23(25)28-20-21(3)4/h21-22H,5-20H2,1-4H3. The van der Waals surface area contributed by atoms with Crippen LogP contribution in [0.25, 0.3) is 0 Å². The second-order valence-electron chi connectivity index (χ2n) is 8.41. The minimum Gasteiger partial charge on any atom is -0.466 e. The molecule has 0 aromatic rings. The van der Waals surface area contributed by atoms with Gasteiger partial charge in [-0.1, -0.05) is 97.8 Å². The highest BCUT2D eigenvalue weighted by atomic mass is 16.5. The van der Waals surface area contributed by atoms with E-state index in [1.54, 1.807) is 6.92 Å². The van der Waals surface area contributed by atoms with E-state index >= 15 is 0 Å². The normalized spacial score (nSPS) is 12.2. The van der Waals surface area contributed by atoms with Crippen molar-refractivity contribution in [2.24, 2.45) is 11.8 Å². The van der Waals surface area contributed by atoms with Gasteiger partial charge in [-0.15, -0.1) is 0 Å². The van der Waals surface area contributed by atoms with Gasteiger partial charge in [0.2, 0.25) is 0 Å². The second kappa shape index (κ2) is 19.3. The fourth-order valence-corrected chi connectivity index (χ4v) is 3.31. The number of esters is 2. The minimum atomic E-state index is -0.359. The largest absolute Gasteiger partial charge is 0.466 e. The molecule has 0 amide bonds. The van der Waals surface area contributed by atoms with Gasteiger partial charge in [-0.2, -0.15) is 0 Å². The Bertz CT molecular complexity index is 379. The highest BCUT2D eigenvalue weighted by molar-refractivity contribution is 5.79. The Balaban J connectivity index is 3.84. The molecule has 4 nitrogen and oxygen atoms in total. The van der Waals surface area contributed by atoms with Gasteiger partial charge in [0.15, 0.2) is 0 Å². The summed E-state index contributed by atoms with van der Waals surface area (Å²) in [4.78, 5) is 24.1. The monoisotopic (exact) mass is 398 g/mol. The Morgan fingerprint density at radius 1 is 0.714 bits per heavy atom. The number of hydrogen-bond acceptors (Lipinski definition) is 4. The average Bonchev–Trinajstić information content (AvgIpc) is 2.66. The van der Waals surface area contributed by atoms with Gasteiger partial charge in [-0.25, -0.2) is 0 Å². The molecule has 0 fully saturated rings. The van der Waals surface area contributed by atoms with Crippen molar-refractivity contribution in [2.75, 3.05) is 13.2 Å². The Morgan fingerprint density at radius 3 is 1.68 bits per heavy atom. The molecule has 0 aliphatic rings. The molecule has 28 heavy (non-hydrogen) atoms. The number of rotatable bonds is 19. The first-order chi connectivity index (χ1) is 13.5. The summed E-state index contributed by atoms with van der Waals surface area (Å²) in [5.41, 5.74) is 0. The average molecular weight is 399 g/mol. The predicted molar refractivity (Wildman–Crippen MR) is 116 cm³/mol. The third-order valence-corrected chi connectivity index (χ3v) is 5.02. The molecule has 0 radical (unpaired) electrons. The van der Waals surface area contributed by atoms with Crippen LogP contribution in [0.3, 0.4) is 0 Å². The summed E-state index contributed by atoms with van der Waals surface area (Å²) in [6, 6.07) is 0. The van der Waals surface area contributed by atoms with Crippen LogP contribution in [-0.4, -0.2) is 25.2 Å². The van der Waals surface area contributed by atoms with Gasteiger partial charge in [0.1, 0.15) is 0 Å². The van der Waals surface area contributed by atoms with Gasteiger partial charge in [0.05, 0.1) is 25.6 Å². The van der Waals surface area contributed by atoms with Crippen LogP contribution in [0, 0.1) is 11.8 Å². The molecule has 0 aliphatic heterocycles. The molecule has 0 saturated carbocycles. The van der Waals surface area contributed by atoms with E-state index in [1.165, 1.54) is 64.2 Å². The quantitative estimate of drug-likeness (QED) is 0.176. The smallest absolute Gasteiger partial charge is 0.309 e. The summed E-state index contributed by atoms with van der Waals surface area (Å²) in [5, 5.41) is 0. The van der Waals surface area contributed by atoms with Gasteiger partial charge in [0, 0.05) is 0 Å². The first-order valence-corrected chi connectivity index (χ1v) is 11.8. The van der Waals surface area contributed by atoms with Gasteiger partial charge < -0.3 is 9.47 Å². The Kier molecular flexibility index (Phi) is 18.5. The van der Waals surface area contributed by atoms with Crippen molar-refractivity contribution in [3.05, 3.63) is 0 Å². The topological polar surface area (TPSA) is 52.6 Å². The summed E-state index contributed by atoms with van der Waals surface area (Å²) >= 11 is 0. The van der Waals surface area contributed by atoms with Crippen LogP contribution in [0.1, 0.15) is 118 Å². The SMILES string of the molecule is CCCCCCCCCCCCCCC(CC(=O)OCC(C)C)C(=O)OCC. The van der Waals surface area contributed by atoms with Crippen molar-refractivity contribution in [2.45, 2.75) is 118 Å². The number of unbranched alkanes of at least 4 members (excludes halogenated alkanes) is 11. The van der Waals surface area contributed by atoms with E-state index in [-0.39, 0.29) is 24.3 Å². The zero-order valence-corrected chi connectivity index (χ0v) is 19.1. The molecule has 4 heteroatoms. The van der Waals surface area contributed by atoms with Crippen molar-refractivity contribution in [1.29, 1.82) is 0 Å². The molecule has 0 bridgehead atoms. The van der Waals surface area contributed by atoms with E-state index in [9.17, 15) is 9.59 Å². The van der Waals surface area contributed by atoms with Crippen molar-refractivity contribution in [3.8, 4) is 0 Å². The van der Waals surface area contributed by atoms with E-state index in [4.69, 9.17) is 9.47 Å². The molecule has 0 heterocycles. The van der Waals surface area contributed by atoms with Crippen LogP contribution in [0.4, 0.5) is 0 Å². The number of carbonyl (C=O) groups excluding carboxylic acids is 2. The van der Waals surface area contributed by atoms with Gasteiger partial charge in [0.25, 0.3) is 0 Å². The molecule has 0 rings (SSSR count). The molecule has 0 saturated heterocycles. The third kappa shape index (κ3) is 17.1. The number of ether oxygens (including phenoxy) is 2. The lowest BCUT2D eigenvalue weighted by molar-refractivity contribution is -0.155. The summed E-state index contributed by atoms with van der Waals surface area (Å²) in [6.07, 6.45) is 16.3. The summed E-state index contributed by atoms with van der Waals surface area (Å²) < 4.78 is 10.4. The van der Waals surface area contributed by atoms with E-state index in [1.807, 2.05) is 13.8 Å². The van der Waals surface area contributed by atoms with Gasteiger partial charge >= 0.3 is 11.9 Å². The maximum atomic E-state index is 12.1. The van der Waals surface area contributed by atoms with Crippen LogP contribution in [0.2, 0.25) is 0 Å². The lowest BCUT2D eigenvalue weighted by atomic mass is 9.97. The first-order valence-electron chi connectivity index (χ1n) is 11.8. The third-order valence-electron chi connectivity index (χ3n) is 5.02. The Morgan fingerprint density at radius 2 is 1.21 bits per heavy atom. The molecule has 1 atom stereocenters. The van der Waals surface area contributed by atoms with Crippen molar-refractivity contribution in [3.63, 3.8) is 0 Å². The number of hydrogen-bond donors (Lipinski definition) is 0. The second-order valence-corrected chi connectivity index (χ2v) is 8.41. The summed E-state index contributed by atoms with van der Waals surface area (Å²) in [6.45, 7) is 8.83. The molecular weight excluding hydrogens is 352 g/mol. The molecule has 166 valence electrons. The van der Waals surface area contributed by atoms with Crippen LogP contribution >= 0.6 is 0 Å². The van der Waals surface area contributed by atoms with Crippen molar-refractivity contribution < 1.29 is 19.1 Å². The molecule has 0 aromatic carbocycles. The maximum Gasteiger partial charge on any atom is 0.309 e. The minimum absolute atomic E-state index is 0.142. The van der Waals surface area contributed by atoms with Crippen LogP contribution in [0.15, 0.2) is 0 Å². The van der Waals surface area contributed by atoms with Crippen molar-refractivity contribution in [1.82, 2.24) is 0 Å². The molecular formula is C24H46O4. The van der Waals surface area contributed by atoms with E-state index < -0.39 is 0 Å². The number of carbonyl (C=O) groups is 2. The lowest BCUT2D eigenvalue weighted by Crippen LogP contribution is -2.23. The van der Waals surface area contributed by atoms with E-state index in [0.29, 0.717) is 25.6 Å². The highest BCUT2D eigenvalue weighted by Gasteiger charge is 2.23. The maximum absolute atomic E-state index is 12.1. The van der Waals surface area contributed by atoms with Crippen molar-refractivity contribution >= 4 is 11.9 Å². The first kappa shape index (κ1) is 26.9. The fraction of sp³-hybridized carbons (Fsp3) is 0.917. The molecule has 0 spiro atoms. The van der Waals surface area contributed by atoms with Crippen LogP contribution in [0.5, 0.6) is 0 Å².